The first-order valence-electron chi connectivity index (χ1n) is 9.09. The molecule has 26 heavy (non-hydrogen) atoms. The van der Waals surface area contributed by atoms with Crippen LogP contribution in [0.5, 0.6) is 0 Å². The Morgan fingerprint density at radius 1 is 1.12 bits per heavy atom. The lowest BCUT2D eigenvalue weighted by Crippen LogP contribution is -2.40. The van der Waals surface area contributed by atoms with E-state index in [0.717, 1.165) is 31.4 Å². The van der Waals surface area contributed by atoms with Crippen molar-refractivity contribution in [2.24, 2.45) is 11.1 Å². The highest BCUT2D eigenvalue weighted by Gasteiger charge is 2.41. The van der Waals surface area contributed by atoms with Gasteiger partial charge in [0.1, 0.15) is 12.3 Å². The Labute approximate surface area is 149 Å². The van der Waals surface area contributed by atoms with Crippen LogP contribution in [0.1, 0.15) is 54.1 Å². The predicted octanol–water partition coefficient (Wildman–Crippen LogP) is 2.87. The fraction of sp³-hybridized carbons (Fsp3) is 0.706. The molecular weight excluding hydrogens is 349 g/mol. The number of aromatic nitrogens is 2. The second-order valence-corrected chi connectivity index (χ2v) is 7.07. The lowest BCUT2D eigenvalue weighted by Gasteiger charge is -2.31. The van der Waals surface area contributed by atoms with Crippen LogP contribution in [0.25, 0.3) is 0 Å². The number of fused-ring (bicyclic) bond motifs is 1. The quantitative estimate of drug-likeness (QED) is 0.804. The largest absolute Gasteiger partial charge is 0.449 e. The molecule has 0 aromatic carbocycles. The molecule has 0 radical (unpaired) electrons. The number of hydrogen-bond donors (Lipinski definition) is 0. The number of piperidine rings is 1. The minimum Gasteiger partial charge on any atom is -0.395 e. The van der Waals surface area contributed by atoms with E-state index >= 15 is 0 Å². The summed E-state index contributed by atoms with van der Waals surface area (Å²) in [6.45, 7) is 1.90. The van der Waals surface area contributed by atoms with Gasteiger partial charge in [-0.3, -0.25) is 4.79 Å². The average molecular weight is 370 g/mol. The monoisotopic (exact) mass is 370 g/mol. The Kier molecular flexibility index (Phi) is 4.40. The molecule has 0 atom stereocenters. The maximum absolute atomic E-state index is 13.3. The SMILES string of the molecule is O=C(c1nc(C(F)(F)F)n2c1CCCC2)N1CCC(C2=NOCC2)CC1. The number of carbonyl (C=O) groups is 1. The number of alkyl halides is 3. The number of carbonyl (C=O) groups excluding carboxylic acids is 1. The summed E-state index contributed by atoms with van der Waals surface area (Å²) in [6, 6.07) is 0. The Hall–Kier alpha value is -2.06. The normalized spacial score (nSPS) is 21.3. The maximum Gasteiger partial charge on any atom is 0.449 e. The molecule has 0 aliphatic carbocycles. The van der Waals surface area contributed by atoms with Gasteiger partial charge in [0.15, 0.2) is 0 Å². The van der Waals surface area contributed by atoms with Crippen molar-refractivity contribution in [2.75, 3.05) is 19.7 Å². The van der Waals surface area contributed by atoms with E-state index in [9.17, 15) is 18.0 Å². The summed E-state index contributed by atoms with van der Waals surface area (Å²) < 4.78 is 41.0. The number of rotatable bonds is 2. The number of nitrogens with zero attached hydrogens (tertiary/aromatic N) is 4. The first-order chi connectivity index (χ1) is 12.4. The molecule has 6 nitrogen and oxygen atoms in total. The van der Waals surface area contributed by atoms with Crippen LogP contribution < -0.4 is 0 Å². The van der Waals surface area contributed by atoms with Gasteiger partial charge in [-0.1, -0.05) is 5.16 Å². The van der Waals surface area contributed by atoms with Gasteiger partial charge in [-0.25, -0.2) is 4.98 Å². The molecule has 4 rings (SSSR count). The van der Waals surface area contributed by atoms with Crippen molar-refractivity contribution < 1.29 is 22.8 Å². The van der Waals surface area contributed by atoms with Crippen LogP contribution >= 0.6 is 0 Å². The van der Waals surface area contributed by atoms with Crippen molar-refractivity contribution in [1.82, 2.24) is 14.5 Å². The molecular formula is C17H21F3N4O2. The summed E-state index contributed by atoms with van der Waals surface area (Å²) in [5, 5.41) is 4.05. The summed E-state index contributed by atoms with van der Waals surface area (Å²) >= 11 is 0. The van der Waals surface area contributed by atoms with E-state index < -0.39 is 12.0 Å². The Morgan fingerprint density at radius 3 is 2.54 bits per heavy atom. The standard InChI is InChI=1S/C17H21F3N4O2/c18-17(19,20)16-21-14(13-3-1-2-7-24(13)16)15(25)23-8-4-11(5-9-23)12-6-10-26-22-12/h11H,1-10H2. The van der Waals surface area contributed by atoms with Gasteiger partial charge >= 0.3 is 6.18 Å². The maximum atomic E-state index is 13.3. The summed E-state index contributed by atoms with van der Waals surface area (Å²) in [7, 11) is 0. The van der Waals surface area contributed by atoms with Crippen LogP contribution in [0.4, 0.5) is 13.2 Å². The molecule has 4 heterocycles. The Bertz CT molecular complexity index is 733. The third-order valence-corrected chi connectivity index (χ3v) is 5.46. The lowest BCUT2D eigenvalue weighted by molar-refractivity contribution is -0.147. The third kappa shape index (κ3) is 3.07. The zero-order chi connectivity index (χ0) is 18.3. The second kappa shape index (κ2) is 6.59. The van der Waals surface area contributed by atoms with Gasteiger partial charge in [0.25, 0.3) is 5.91 Å². The fourth-order valence-corrected chi connectivity index (χ4v) is 4.10. The zero-order valence-electron chi connectivity index (χ0n) is 14.4. The summed E-state index contributed by atoms with van der Waals surface area (Å²) in [4.78, 5) is 23.3. The fourth-order valence-electron chi connectivity index (χ4n) is 4.10. The van der Waals surface area contributed by atoms with Crippen LogP contribution in [-0.2, 0) is 24.0 Å². The molecule has 1 fully saturated rings. The summed E-state index contributed by atoms with van der Waals surface area (Å²) in [6.07, 6.45) is -0.276. The number of oxime groups is 1. The van der Waals surface area contributed by atoms with Gasteiger partial charge in [0.2, 0.25) is 5.82 Å². The average Bonchev–Trinajstić information content (AvgIpc) is 3.29. The number of halogens is 3. The van der Waals surface area contributed by atoms with Gasteiger partial charge in [0, 0.05) is 32.0 Å². The van der Waals surface area contributed by atoms with Crippen molar-refractivity contribution >= 4 is 11.6 Å². The Morgan fingerprint density at radius 2 is 1.88 bits per heavy atom. The van der Waals surface area contributed by atoms with Crippen molar-refractivity contribution in [2.45, 2.75) is 51.2 Å². The molecule has 9 heteroatoms. The molecule has 142 valence electrons. The molecule has 1 aromatic rings. The zero-order valence-corrected chi connectivity index (χ0v) is 14.4. The molecule has 0 N–H and O–H groups in total. The van der Waals surface area contributed by atoms with E-state index in [1.54, 1.807) is 4.90 Å². The van der Waals surface area contributed by atoms with Gasteiger partial charge in [-0.05, 0) is 32.1 Å². The molecule has 0 bridgehead atoms. The lowest BCUT2D eigenvalue weighted by atomic mass is 9.90. The number of likely N-dealkylation sites (tertiary alicyclic amines) is 1. The van der Waals surface area contributed by atoms with Crippen LogP contribution in [0.2, 0.25) is 0 Å². The van der Waals surface area contributed by atoms with E-state index in [1.165, 1.54) is 4.57 Å². The van der Waals surface area contributed by atoms with E-state index in [0.29, 0.717) is 44.1 Å². The van der Waals surface area contributed by atoms with Crippen molar-refractivity contribution in [1.29, 1.82) is 0 Å². The van der Waals surface area contributed by atoms with Gasteiger partial charge in [0.05, 0.1) is 11.4 Å². The van der Waals surface area contributed by atoms with Crippen LogP contribution in [0.15, 0.2) is 5.16 Å². The highest BCUT2D eigenvalue weighted by atomic mass is 19.4. The minimum absolute atomic E-state index is 0.0167. The van der Waals surface area contributed by atoms with Crippen molar-refractivity contribution in [3.05, 3.63) is 17.2 Å². The molecule has 0 unspecified atom stereocenters. The van der Waals surface area contributed by atoms with Gasteiger partial charge < -0.3 is 14.3 Å². The topological polar surface area (TPSA) is 59.7 Å². The predicted molar refractivity (Wildman–Crippen MR) is 86.8 cm³/mol. The van der Waals surface area contributed by atoms with Crippen molar-refractivity contribution in [3.63, 3.8) is 0 Å². The van der Waals surface area contributed by atoms with Crippen LogP contribution in [0.3, 0.4) is 0 Å². The Balaban J connectivity index is 1.53. The first-order valence-corrected chi connectivity index (χ1v) is 9.09. The van der Waals surface area contributed by atoms with Crippen LogP contribution in [-0.4, -0.2) is 45.8 Å². The highest BCUT2D eigenvalue weighted by molar-refractivity contribution is 5.94. The van der Waals surface area contributed by atoms with Crippen molar-refractivity contribution in [3.8, 4) is 0 Å². The summed E-state index contributed by atoms with van der Waals surface area (Å²) in [5.41, 5.74) is 1.46. The number of hydrogen-bond acceptors (Lipinski definition) is 4. The first kappa shape index (κ1) is 17.4. The van der Waals surface area contributed by atoms with Crippen LogP contribution in [0, 0.1) is 5.92 Å². The minimum atomic E-state index is -4.54. The van der Waals surface area contributed by atoms with E-state index in [1.807, 2.05) is 0 Å². The van der Waals surface area contributed by atoms with E-state index in [2.05, 4.69) is 10.1 Å². The molecule has 3 aliphatic heterocycles. The molecule has 1 saturated heterocycles. The molecule has 1 amide bonds. The highest BCUT2D eigenvalue weighted by Crippen LogP contribution is 2.34. The molecule has 0 saturated carbocycles. The number of amides is 1. The second-order valence-electron chi connectivity index (χ2n) is 7.07. The third-order valence-electron chi connectivity index (χ3n) is 5.46. The molecule has 3 aliphatic rings. The smallest absolute Gasteiger partial charge is 0.395 e. The number of imidazole rings is 1. The van der Waals surface area contributed by atoms with E-state index in [-0.39, 0.29) is 18.1 Å². The molecule has 1 aromatic heterocycles. The van der Waals surface area contributed by atoms with Gasteiger partial charge in [-0.2, -0.15) is 13.2 Å². The summed E-state index contributed by atoms with van der Waals surface area (Å²) in [5.74, 6) is -1.03. The van der Waals surface area contributed by atoms with Gasteiger partial charge in [-0.15, -0.1) is 0 Å². The van der Waals surface area contributed by atoms with E-state index in [4.69, 9.17) is 4.84 Å². The molecule has 0 spiro atoms.